The van der Waals surface area contributed by atoms with E-state index in [0.29, 0.717) is 37.0 Å². The van der Waals surface area contributed by atoms with E-state index in [9.17, 15) is 32.7 Å². The Balaban J connectivity index is 0.745. The Morgan fingerprint density at radius 2 is 1.49 bits per heavy atom. The third kappa shape index (κ3) is 17.7. The number of nitrogens with zero attached hydrogens (tertiary/aromatic N) is 6. The first kappa shape index (κ1) is 60.1. The monoisotopic (exact) mass is 1120 g/mol. The third-order valence-corrected chi connectivity index (χ3v) is 16.6. The van der Waals surface area contributed by atoms with Crippen LogP contribution in [-0.2, 0) is 35.7 Å². The van der Waals surface area contributed by atoms with Crippen LogP contribution >= 0.6 is 11.3 Å². The van der Waals surface area contributed by atoms with Crippen molar-refractivity contribution in [3.8, 4) is 10.4 Å². The first-order valence-corrected chi connectivity index (χ1v) is 29.8. The highest BCUT2D eigenvalue weighted by molar-refractivity contribution is 7.89. The smallest absolute Gasteiger partial charge is 0.246 e. The molecular formula is C58H80N12O7S2. The number of amides is 4. The van der Waals surface area contributed by atoms with Gasteiger partial charge in [-0.05, 0) is 106 Å². The van der Waals surface area contributed by atoms with E-state index < -0.39 is 39.2 Å². The van der Waals surface area contributed by atoms with E-state index in [0.717, 1.165) is 96.9 Å². The number of carbonyl (C=O) groups excluding carboxylic acids is 4. The van der Waals surface area contributed by atoms with Crippen molar-refractivity contribution < 1.29 is 32.7 Å². The van der Waals surface area contributed by atoms with E-state index in [4.69, 9.17) is 0 Å². The molecule has 4 heterocycles. The van der Waals surface area contributed by atoms with E-state index in [-0.39, 0.29) is 54.5 Å². The second-order valence-electron chi connectivity index (χ2n) is 22.8. The van der Waals surface area contributed by atoms with Crippen LogP contribution in [0.3, 0.4) is 0 Å². The van der Waals surface area contributed by atoms with Gasteiger partial charge < -0.3 is 41.5 Å². The molecule has 79 heavy (non-hydrogen) atoms. The lowest BCUT2D eigenvalue weighted by Crippen LogP contribution is -2.57. The van der Waals surface area contributed by atoms with Crippen LogP contribution in [0, 0.1) is 19.3 Å². The third-order valence-electron chi connectivity index (χ3n) is 13.9. The summed E-state index contributed by atoms with van der Waals surface area (Å²) in [4.78, 5) is 74.2. The van der Waals surface area contributed by atoms with Crippen molar-refractivity contribution in [1.29, 1.82) is 0 Å². The summed E-state index contributed by atoms with van der Waals surface area (Å²) in [5.74, 6) is 0.0249. The zero-order chi connectivity index (χ0) is 56.9. The predicted molar refractivity (Wildman–Crippen MR) is 312 cm³/mol. The van der Waals surface area contributed by atoms with Crippen molar-refractivity contribution in [2.45, 2.75) is 142 Å². The van der Waals surface area contributed by atoms with Gasteiger partial charge in [-0.1, -0.05) is 76.8 Å². The number of hydrogen-bond donors (Lipinski definition) is 7. The van der Waals surface area contributed by atoms with Crippen LogP contribution in [-0.4, -0.2) is 131 Å². The van der Waals surface area contributed by atoms with Gasteiger partial charge in [-0.15, -0.1) is 11.3 Å². The number of likely N-dealkylation sites (tertiary alicyclic amines) is 1. The summed E-state index contributed by atoms with van der Waals surface area (Å²) in [5, 5.41) is 26.1. The number of thiazole rings is 1. The number of benzene rings is 3. The van der Waals surface area contributed by atoms with Crippen LogP contribution < -0.4 is 36.2 Å². The Hall–Kier alpha value is -6.52. The van der Waals surface area contributed by atoms with E-state index in [1.807, 2.05) is 76.5 Å². The minimum Gasteiger partial charge on any atom is -0.391 e. The van der Waals surface area contributed by atoms with Crippen LogP contribution in [0.5, 0.6) is 0 Å². The average Bonchev–Trinajstić information content (AvgIpc) is 4.07. The fraction of sp³-hybridized carbons (Fsp3) is 0.500. The SMILES string of the molecule is Cc1cnc(Nc2ccc(N3CCN(CC(=O)NCCCCCCCCC(=O)N[C@H](C(=O)N4C[C@H](O)C[C@H]4C(=O)NCc4ccc(-c5scnc5C)cc4)C(C)(C)C)CC3)cc2)nc1Nc1cccc(S(=O)(=O)NC(C)(C)C)c1. The van der Waals surface area contributed by atoms with Gasteiger partial charge in [0.15, 0.2) is 0 Å². The molecule has 2 aromatic heterocycles. The molecule has 0 aliphatic carbocycles. The number of rotatable bonds is 24. The number of aryl methyl sites for hydroxylation is 2. The van der Waals surface area contributed by atoms with Gasteiger partial charge >= 0.3 is 0 Å². The Morgan fingerprint density at radius 3 is 2.16 bits per heavy atom. The molecule has 2 saturated heterocycles. The highest BCUT2D eigenvalue weighted by Crippen LogP contribution is 2.30. The van der Waals surface area contributed by atoms with Crippen LogP contribution in [0.1, 0.15) is 110 Å². The molecule has 0 saturated carbocycles. The Kier molecular flexibility index (Phi) is 20.6. The maximum Gasteiger partial charge on any atom is 0.246 e. The van der Waals surface area contributed by atoms with E-state index >= 15 is 0 Å². The molecule has 4 amide bonds. The normalized spacial score (nSPS) is 16.6. The average molecular weight is 1120 g/mol. The molecule has 0 spiro atoms. The van der Waals surface area contributed by atoms with Crippen molar-refractivity contribution in [2.75, 3.05) is 61.3 Å². The predicted octanol–water partition coefficient (Wildman–Crippen LogP) is 7.56. The van der Waals surface area contributed by atoms with Crippen molar-refractivity contribution in [2.24, 2.45) is 5.41 Å². The second-order valence-corrected chi connectivity index (χ2v) is 25.4. The Morgan fingerprint density at radius 1 is 0.797 bits per heavy atom. The quantitative estimate of drug-likeness (QED) is 0.0295. The number of hydrogen-bond acceptors (Lipinski definition) is 15. The highest BCUT2D eigenvalue weighted by Gasteiger charge is 2.44. The van der Waals surface area contributed by atoms with Gasteiger partial charge in [0.25, 0.3) is 0 Å². The molecule has 19 nitrogen and oxygen atoms in total. The molecule has 3 atom stereocenters. The topological polar surface area (TPSA) is 243 Å². The molecule has 0 unspecified atom stereocenters. The van der Waals surface area contributed by atoms with Crippen LogP contribution in [0.25, 0.3) is 10.4 Å². The molecule has 0 radical (unpaired) electrons. The maximum absolute atomic E-state index is 14.0. The minimum atomic E-state index is -3.72. The Labute approximate surface area is 470 Å². The minimum absolute atomic E-state index is 0.0201. The van der Waals surface area contributed by atoms with Crippen LogP contribution in [0.15, 0.2) is 89.4 Å². The first-order chi connectivity index (χ1) is 37.5. The molecule has 21 heteroatoms. The summed E-state index contributed by atoms with van der Waals surface area (Å²) in [6.45, 7) is 19.3. The Bertz CT molecular complexity index is 2970. The zero-order valence-electron chi connectivity index (χ0n) is 47.0. The van der Waals surface area contributed by atoms with Gasteiger partial charge in [0.05, 0.1) is 33.6 Å². The number of β-amino-alcohol motifs (C(OH)–C–C–N with tert-alkyl or cyclic N) is 1. The summed E-state index contributed by atoms with van der Waals surface area (Å²) >= 11 is 1.58. The first-order valence-electron chi connectivity index (χ1n) is 27.4. The lowest BCUT2D eigenvalue weighted by molar-refractivity contribution is -0.144. The molecule has 2 aliphatic heterocycles. The molecule has 7 N–H and O–H groups in total. The number of anilines is 5. The van der Waals surface area contributed by atoms with Gasteiger partial charge in [0.2, 0.25) is 39.6 Å². The molecule has 0 bridgehead atoms. The molecule has 2 aliphatic rings. The van der Waals surface area contributed by atoms with Crippen molar-refractivity contribution >= 4 is 73.8 Å². The number of piperazine rings is 1. The van der Waals surface area contributed by atoms with E-state index in [2.05, 4.69) is 68.2 Å². The second kappa shape index (κ2) is 27.1. The summed E-state index contributed by atoms with van der Waals surface area (Å²) in [5.41, 5.74) is 6.77. The van der Waals surface area contributed by atoms with Crippen molar-refractivity contribution in [3.63, 3.8) is 0 Å². The number of unbranched alkanes of at least 4 members (excludes halogenated alkanes) is 5. The highest BCUT2D eigenvalue weighted by atomic mass is 32.2. The van der Waals surface area contributed by atoms with Crippen molar-refractivity contribution in [1.82, 2.24) is 45.4 Å². The maximum atomic E-state index is 14.0. The summed E-state index contributed by atoms with van der Waals surface area (Å²) in [7, 11) is -3.72. The standard InChI is InChI=1S/C58H80N12O7S2/c1-39-34-61-56(66-53(39)63-44-16-15-17-47(32-44)79(76,77)67-58(6,7)8)64-43-23-25-45(26-24-43)69-30-28-68(29-31-69)37-50(73)59-27-14-12-10-9-11-13-18-49(72)65-52(57(3,4)5)55(75)70-36-46(71)33-48(70)54(74)60-35-41-19-21-42(22-20-41)51-40(2)62-38-78-51/h15-17,19-26,32,34,38,46,48,52,67,71H,9-14,18,27-31,33,35-37H2,1-8H3,(H,59,73)(H,60,74)(H,65,72)(H2,61,63,64,66)/t46-,48+,52-/m1/s1. The van der Waals surface area contributed by atoms with Gasteiger partial charge in [0.1, 0.15) is 17.9 Å². The van der Waals surface area contributed by atoms with E-state index in [1.165, 1.54) is 4.90 Å². The lowest BCUT2D eigenvalue weighted by atomic mass is 9.85. The van der Waals surface area contributed by atoms with Crippen molar-refractivity contribution in [3.05, 3.63) is 101 Å². The number of nitrogens with one attached hydrogen (secondary N) is 6. The van der Waals surface area contributed by atoms with Gasteiger partial charge in [0, 0.05) is 93.0 Å². The number of sulfonamides is 1. The number of aliphatic hydroxyl groups excluding tert-OH is 1. The molecule has 2 fully saturated rings. The number of aliphatic hydroxyl groups is 1. The molecule has 426 valence electrons. The number of aromatic nitrogens is 3. The molecular weight excluding hydrogens is 1040 g/mol. The van der Waals surface area contributed by atoms with Crippen LogP contribution in [0.2, 0.25) is 0 Å². The zero-order valence-corrected chi connectivity index (χ0v) is 48.7. The van der Waals surface area contributed by atoms with Gasteiger partial charge in [-0.2, -0.15) is 4.98 Å². The summed E-state index contributed by atoms with van der Waals surface area (Å²) in [6, 6.07) is 20.9. The summed E-state index contributed by atoms with van der Waals surface area (Å²) in [6.07, 6.45) is 6.59. The van der Waals surface area contributed by atoms with Gasteiger partial charge in [-0.3, -0.25) is 24.1 Å². The fourth-order valence-corrected chi connectivity index (χ4v) is 11.9. The number of carbonyl (C=O) groups is 4. The summed E-state index contributed by atoms with van der Waals surface area (Å²) < 4.78 is 28.6. The van der Waals surface area contributed by atoms with E-state index in [1.54, 1.807) is 62.6 Å². The molecule has 3 aromatic carbocycles. The van der Waals surface area contributed by atoms with Gasteiger partial charge in [-0.25, -0.2) is 23.1 Å². The largest absolute Gasteiger partial charge is 0.391 e. The molecule has 7 rings (SSSR count). The fourth-order valence-electron chi connectivity index (χ4n) is 9.64. The van der Waals surface area contributed by atoms with Crippen LogP contribution in [0.4, 0.5) is 28.8 Å². The molecule has 5 aromatic rings. The lowest BCUT2D eigenvalue weighted by Gasteiger charge is -2.35.